The molecule has 0 aromatic heterocycles. The van der Waals surface area contributed by atoms with Gasteiger partial charge in [0.2, 0.25) is 0 Å². The van der Waals surface area contributed by atoms with Crippen molar-refractivity contribution in [1.29, 1.82) is 0 Å². The number of nitrogens with zero attached hydrogens (tertiary/aromatic N) is 1. The molecule has 0 bridgehead atoms. The van der Waals surface area contributed by atoms with E-state index in [-0.39, 0.29) is 5.75 Å². The van der Waals surface area contributed by atoms with Gasteiger partial charge in [-0.25, -0.2) is 8.42 Å². The van der Waals surface area contributed by atoms with Crippen LogP contribution in [0.3, 0.4) is 0 Å². The predicted octanol–water partition coefficient (Wildman–Crippen LogP) is 1.94. The summed E-state index contributed by atoms with van der Waals surface area (Å²) in [7, 11) is -0.509. The van der Waals surface area contributed by atoms with E-state index in [1.807, 2.05) is 0 Å². The molecule has 2 rings (SSSR count). The van der Waals surface area contributed by atoms with E-state index in [4.69, 9.17) is 15.2 Å². The summed E-state index contributed by atoms with van der Waals surface area (Å²) in [5.41, 5.74) is 7.34. The van der Waals surface area contributed by atoms with Crippen molar-refractivity contribution in [3.05, 3.63) is 53.5 Å². The van der Waals surface area contributed by atoms with Crippen molar-refractivity contribution in [1.82, 2.24) is 0 Å². The fourth-order valence-electron chi connectivity index (χ4n) is 2.16. The smallest absolute Gasteiger partial charge is 0.177 e. The topological polar surface area (TPSA) is 91.0 Å². The van der Waals surface area contributed by atoms with Crippen molar-refractivity contribution in [3.8, 4) is 11.5 Å². The van der Waals surface area contributed by atoms with Gasteiger partial charge >= 0.3 is 0 Å². The van der Waals surface area contributed by atoms with Gasteiger partial charge in [0.05, 0.1) is 31.2 Å². The Morgan fingerprint density at radius 3 is 2.42 bits per heavy atom. The van der Waals surface area contributed by atoms with Gasteiger partial charge in [0.15, 0.2) is 9.84 Å². The van der Waals surface area contributed by atoms with Crippen LogP contribution in [0.15, 0.2) is 52.9 Å². The summed E-state index contributed by atoms with van der Waals surface area (Å²) in [5.74, 6) is 0.807. The molecule has 0 saturated heterocycles. The van der Waals surface area contributed by atoms with E-state index in [1.54, 1.807) is 30.4 Å². The summed E-state index contributed by atoms with van der Waals surface area (Å²) >= 11 is 0. The molecule has 0 fully saturated rings. The maximum atomic E-state index is 12.3. The number of ether oxygens (including phenoxy) is 2. The van der Waals surface area contributed by atoms with Gasteiger partial charge in [0.25, 0.3) is 0 Å². The van der Waals surface area contributed by atoms with Crippen molar-refractivity contribution in [3.63, 3.8) is 0 Å². The molecule has 1 unspecified atom stereocenters. The van der Waals surface area contributed by atoms with Gasteiger partial charge in [0.1, 0.15) is 17.7 Å². The number of sulfone groups is 1. The van der Waals surface area contributed by atoms with Crippen LogP contribution in [0.4, 0.5) is 0 Å². The summed E-state index contributed by atoms with van der Waals surface area (Å²) in [5, 5.41) is 1.12. The number of nitrogens with two attached hydrogens (primary N) is 1. The lowest BCUT2D eigenvalue weighted by atomic mass is 10.1. The van der Waals surface area contributed by atoms with Crippen LogP contribution in [0.25, 0.3) is 6.08 Å². The molecule has 1 aliphatic rings. The third-order valence-electron chi connectivity index (χ3n) is 3.43. The fourth-order valence-corrected chi connectivity index (χ4v) is 3.18. The van der Waals surface area contributed by atoms with Gasteiger partial charge in [-0.2, -0.15) is 0 Å². The van der Waals surface area contributed by atoms with Crippen molar-refractivity contribution < 1.29 is 17.9 Å². The van der Waals surface area contributed by atoms with Gasteiger partial charge in [0, 0.05) is 5.41 Å². The maximum absolute atomic E-state index is 12.3. The maximum Gasteiger partial charge on any atom is 0.177 e. The van der Waals surface area contributed by atoms with Crippen molar-refractivity contribution in [2.45, 2.75) is 6.17 Å². The largest absolute Gasteiger partial charge is 0.496 e. The van der Waals surface area contributed by atoms with Gasteiger partial charge in [-0.05, 0) is 29.9 Å². The monoisotopic (exact) mass is 348 g/mol. The first-order valence-corrected chi connectivity index (χ1v) is 8.89. The Labute approximate surface area is 141 Å². The average molecular weight is 348 g/mol. The average Bonchev–Trinajstić information content (AvgIpc) is 2.55. The summed E-state index contributed by atoms with van der Waals surface area (Å²) < 4.78 is 35.1. The summed E-state index contributed by atoms with van der Waals surface area (Å²) in [4.78, 5) is 4.12. The minimum absolute atomic E-state index is 0.238. The molecule has 7 heteroatoms. The van der Waals surface area contributed by atoms with Crippen LogP contribution in [0.2, 0.25) is 0 Å². The van der Waals surface area contributed by atoms with Crippen molar-refractivity contribution in [2.24, 2.45) is 10.7 Å². The number of dihydropyridines is 1. The third-order valence-corrected chi connectivity index (χ3v) is 4.68. The standard InChI is InChI=1S/C17H20N2O4S/c1-12-7-8-13(19-17(12)18)11-24(20,21)10-9-14-15(22-2)5-4-6-16(14)23-3/h4-10,17H,1,11,18H2,2-3H3/b10-9+. The second kappa shape index (κ2) is 7.46. The summed E-state index contributed by atoms with van der Waals surface area (Å²) in [6.45, 7) is 3.73. The van der Waals surface area contributed by atoms with Crippen LogP contribution in [0.1, 0.15) is 5.56 Å². The van der Waals surface area contributed by atoms with E-state index in [2.05, 4.69) is 11.6 Å². The molecule has 2 N–H and O–H groups in total. The third kappa shape index (κ3) is 4.33. The Morgan fingerprint density at radius 1 is 1.25 bits per heavy atom. The number of rotatable bonds is 6. The first-order valence-electron chi connectivity index (χ1n) is 7.17. The highest BCUT2D eigenvalue weighted by molar-refractivity contribution is 7.95. The van der Waals surface area contributed by atoms with E-state index in [9.17, 15) is 8.42 Å². The Bertz CT molecular complexity index is 801. The minimum Gasteiger partial charge on any atom is -0.496 e. The van der Waals surface area contributed by atoms with Crippen LogP contribution < -0.4 is 15.2 Å². The molecule has 0 spiro atoms. The lowest BCUT2D eigenvalue weighted by Gasteiger charge is -2.13. The highest BCUT2D eigenvalue weighted by Gasteiger charge is 2.16. The highest BCUT2D eigenvalue weighted by Crippen LogP contribution is 2.29. The number of hydrogen-bond donors (Lipinski definition) is 1. The van der Waals surface area contributed by atoms with Gasteiger partial charge < -0.3 is 15.2 Å². The molecule has 6 nitrogen and oxygen atoms in total. The molecule has 0 radical (unpaired) electrons. The molecule has 1 aromatic carbocycles. The minimum atomic E-state index is -3.53. The van der Waals surface area contributed by atoms with Crippen LogP contribution in [-0.2, 0) is 9.84 Å². The molecule has 1 heterocycles. The molecule has 0 amide bonds. The fraction of sp³-hybridized carbons (Fsp3) is 0.235. The highest BCUT2D eigenvalue weighted by atomic mass is 32.2. The zero-order valence-corrected chi connectivity index (χ0v) is 14.4. The van der Waals surface area contributed by atoms with Crippen LogP contribution >= 0.6 is 0 Å². The first kappa shape index (κ1) is 18.0. The molecule has 0 saturated carbocycles. The second-order valence-corrected chi connectivity index (χ2v) is 7.05. The number of methoxy groups -OCH3 is 2. The zero-order valence-electron chi connectivity index (χ0n) is 13.6. The number of allylic oxidation sites excluding steroid dienone is 1. The molecule has 1 aromatic rings. The molecular weight excluding hydrogens is 328 g/mol. The summed E-state index contributed by atoms with van der Waals surface area (Å²) in [6.07, 6.45) is 4.15. The SMILES string of the molecule is C=C1C=CC(CS(=O)(=O)/C=C/c2c(OC)cccc2OC)=NC1N. The molecule has 1 atom stereocenters. The lowest BCUT2D eigenvalue weighted by Crippen LogP contribution is -2.25. The van der Waals surface area contributed by atoms with E-state index in [1.165, 1.54) is 20.3 Å². The second-order valence-electron chi connectivity index (χ2n) is 5.16. The number of aliphatic imine (C=N–C) groups is 1. The quantitative estimate of drug-likeness (QED) is 0.848. The van der Waals surface area contributed by atoms with Crippen LogP contribution in [0.5, 0.6) is 11.5 Å². The van der Waals surface area contributed by atoms with Crippen LogP contribution in [0, 0.1) is 0 Å². The summed E-state index contributed by atoms with van der Waals surface area (Å²) in [6, 6.07) is 5.22. The van der Waals surface area contributed by atoms with Gasteiger partial charge in [-0.1, -0.05) is 18.7 Å². The van der Waals surface area contributed by atoms with Gasteiger partial charge in [-0.3, -0.25) is 4.99 Å². The van der Waals surface area contributed by atoms with Gasteiger partial charge in [-0.15, -0.1) is 0 Å². The van der Waals surface area contributed by atoms with E-state index >= 15 is 0 Å². The Hall–Kier alpha value is -2.38. The molecule has 24 heavy (non-hydrogen) atoms. The molecular formula is C17H20N2O4S. The van der Waals surface area contributed by atoms with Crippen molar-refractivity contribution in [2.75, 3.05) is 20.0 Å². The predicted molar refractivity (Wildman–Crippen MR) is 96.1 cm³/mol. The number of benzene rings is 1. The normalized spacial score (nSPS) is 17.9. The van der Waals surface area contributed by atoms with Crippen molar-refractivity contribution >= 4 is 21.6 Å². The van der Waals surface area contributed by atoms with E-state index < -0.39 is 16.0 Å². The first-order chi connectivity index (χ1) is 11.4. The Morgan fingerprint density at radius 2 is 1.88 bits per heavy atom. The Balaban J connectivity index is 2.24. The lowest BCUT2D eigenvalue weighted by molar-refractivity contribution is 0.392. The van der Waals surface area contributed by atoms with E-state index in [0.717, 1.165) is 5.41 Å². The molecule has 128 valence electrons. The Kier molecular flexibility index (Phi) is 5.58. The molecule has 0 aliphatic carbocycles. The number of hydrogen-bond acceptors (Lipinski definition) is 6. The van der Waals surface area contributed by atoms with E-state index in [0.29, 0.717) is 28.3 Å². The zero-order chi connectivity index (χ0) is 17.7. The molecule has 1 aliphatic heterocycles. The van der Waals surface area contributed by atoms with Crippen LogP contribution in [-0.4, -0.2) is 40.3 Å².